The van der Waals surface area contributed by atoms with Crippen molar-refractivity contribution in [3.05, 3.63) is 23.5 Å². The van der Waals surface area contributed by atoms with E-state index in [1.54, 1.807) is 6.07 Å². The Bertz CT molecular complexity index is 510. The van der Waals surface area contributed by atoms with E-state index >= 15 is 0 Å². The summed E-state index contributed by atoms with van der Waals surface area (Å²) in [7, 11) is 0. The van der Waals surface area contributed by atoms with Crippen LogP contribution in [0.25, 0.3) is 0 Å². The second-order valence-electron chi connectivity index (χ2n) is 4.13. The largest absolute Gasteiger partial charge is 0.476 e. The Balaban J connectivity index is 2.46. The van der Waals surface area contributed by atoms with Crippen LogP contribution in [0.5, 0.6) is 0 Å². The molecule has 0 aliphatic carbocycles. The van der Waals surface area contributed by atoms with Gasteiger partial charge in [0.1, 0.15) is 6.07 Å². The molecule has 0 spiro atoms. The zero-order valence-corrected chi connectivity index (χ0v) is 9.96. The summed E-state index contributed by atoms with van der Waals surface area (Å²) in [5.41, 5.74) is 0.814. The summed E-state index contributed by atoms with van der Waals surface area (Å²) in [6.45, 7) is 3.62. The maximum Gasteiger partial charge on any atom is 0.356 e. The molecule has 94 valence electrons. The van der Waals surface area contributed by atoms with Gasteiger partial charge in [-0.2, -0.15) is 5.26 Å². The number of morpholine rings is 1. The van der Waals surface area contributed by atoms with Crippen LogP contribution in [-0.4, -0.2) is 41.9 Å². The van der Waals surface area contributed by atoms with Gasteiger partial charge in [0.25, 0.3) is 0 Å². The summed E-state index contributed by atoms with van der Waals surface area (Å²) in [4.78, 5) is 16.9. The zero-order valence-electron chi connectivity index (χ0n) is 9.96. The van der Waals surface area contributed by atoms with Crippen molar-refractivity contribution >= 4 is 11.7 Å². The van der Waals surface area contributed by atoms with Crippen LogP contribution >= 0.6 is 0 Å². The van der Waals surface area contributed by atoms with Crippen molar-refractivity contribution in [1.82, 2.24) is 4.98 Å². The number of hydrogen-bond donors (Lipinski definition) is 1. The number of carboxylic acids is 1. The molecule has 0 saturated carbocycles. The highest BCUT2D eigenvalue weighted by molar-refractivity contribution is 5.92. The highest BCUT2D eigenvalue weighted by Gasteiger charge is 2.24. The van der Waals surface area contributed by atoms with Gasteiger partial charge in [-0.05, 0) is 13.0 Å². The van der Waals surface area contributed by atoms with Gasteiger partial charge in [-0.1, -0.05) is 0 Å². The molecule has 18 heavy (non-hydrogen) atoms. The van der Waals surface area contributed by atoms with Gasteiger partial charge < -0.3 is 14.7 Å². The van der Waals surface area contributed by atoms with Gasteiger partial charge in [0, 0.05) is 18.8 Å². The van der Waals surface area contributed by atoms with Crippen molar-refractivity contribution < 1.29 is 14.6 Å². The third kappa shape index (κ3) is 2.26. The van der Waals surface area contributed by atoms with Gasteiger partial charge in [0.2, 0.25) is 0 Å². The summed E-state index contributed by atoms with van der Waals surface area (Å²) in [6.07, 6.45) is 1.28. The number of hydrogen-bond acceptors (Lipinski definition) is 5. The number of carboxylic acid groups (broad SMARTS) is 1. The van der Waals surface area contributed by atoms with Crippen molar-refractivity contribution in [2.75, 3.05) is 24.7 Å². The highest BCUT2D eigenvalue weighted by Crippen LogP contribution is 2.24. The molecule has 2 heterocycles. The first kappa shape index (κ1) is 12.3. The van der Waals surface area contributed by atoms with Crippen molar-refractivity contribution in [1.29, 1.82) is 5.26 Å². The fourth-order valence-corrected chi connectivity index (χ4v) is 1.98. The Morgan fingerprint density at radius 2 is 2.50 bits per heavy atom. The quantitative estimate of drug-likeness (QED) is 0.834. The van der Waals surface area contributed by atoms with Crippen LogP contribution in [0.15, 0.2) is 12.3 Å². The Morgan fingerprint density at radius 1 is 1.72 bits per heavy atom. The average Bonchev–Trinajstić information content (AvgIpc) is 2.38. The number of pyridine rings is 1. The predicted molar refractivity (Wildman–Crippen MR) is 63.5 cm³/mol. The number of ether oxygens (including phenoxy) is 1. The fraction of sp³-hybridized carbons (Fsp3) is 0.417. The second kappa shape index (κ2) is 5.02. The number of nitriles is 1. The molecule has 2 rings (SSSR count). The van der Waals surface area contributed by atoms with Gasteiger partial charge in [-0.3, -0.25) is 0 Å². The number of rotatable bonds is 2. The van der Waals surface area contributed by atoms with Crippen LogP contribution in [0.2, 0.25) is 0 Å². The van der Waals surface area contributed by atoms with Gasteiger partial charge in [0.15, 0.2) is 5.69 Å². The molecular formula is C12H13N3O3. The molecule has 0 bridgehead atoms. The SMILES string of the molecule is CC1COCCN1c1cc(C#N)cnc1C(=O)O. The topological polar surface area (TPSA) is 86.5 Å². The van der Waals surface area contributed by atoms with E-state index in [9.17, 15) is 4.79 Å². The first-order valence-corrected chi connectivity index (χ1v) is 5.61. The van der Waals surface area contributed by atoms with Crippen molar-refractivity contribution in [3.8, 4) is 6.07 Å². The van der Waals surface area contributed by atoms with Crippen molar-refractivity contribution in [2.24, 2.45) is 0 Å². The van der Waals surface area contributed by atoms with Crippen LogP contribution in [0, 0.1) is 11.3 Å². The average molecular weight is 247 g/mol. The minimum atomic E-state index is -1.09. The summed E-state index contributed by atoms with van der Waals surface area (Å²) in [5.74, 6) is -1.09. The van der Waals surface area contributed by atoms with E-state index in [2.05, 4.69) is 4.98 Å². The standard InChI is InChI=1S/C12H13N3O3/c1-8-7-18-3-2-15(8)10-4-9(5-13)6-14-11(10)12(16)17/h4,6,8H,2-3,7H2,1H3,(H,16,17). The lowest BCUT2D eigenvalue weighted by Crippen LogP contribution is -2.44. The summed E-state index contributed by atoms with van der Waals surface area (Å²) >= 11 is 0. The Hall–Kier alpha value is -2.13. The molecule has 1 aromatic heterocycles. The number of carbonyl (C=O) groups is 1. The third-order valence-electron chi connectivity index (χ3n) is 2.88. The Labute approximate surface area is 104 Å². The van der Waals surface area contributed by atoms with E-state index in [0.717, 1.165) is 0 Å². The summed E-state index contributed by atoms with van der Waals surface area (Å²) in [5, 5.41) is 18.0. The first-order valence-electron chi connectivity index (χ1n) is 5.61. The van der Waals surface area contributed by atoms with E-state index in [0.29, 0.717) is 31.0 Å². The van der Waals surface area contributed by atoms with Crippen LogP contribution in [-0.2, 0) is 4.74 Å². The van der Waals surface area contributed by atoms with E-state index in [1.165, 1.54) is 6.20 Å². The molecule has 1 aliphatic rings. The maximum absolute atomic E-state index is 11.2. The summed E-state index contributed by atoms with van der Waals surface area (Å²) < 4.78 is 5.32. The van der Waals surface area contributed by atoms with Gasteiger partial charge >= 0.3 is 5.97 Å². The molecule has 6 heteroatoms. The lowest BCUT2D eigenvalue weighted by atomic mass is 10.1. The number of nitrogens with zero attached hydrogens (tertiary/aromatic N) is 3. The highest BCUT2D eigenvalue weighted by atomic mass is 16.5. The number of aromatic nitrogens is 1. The molecule has 0 radical (unpaired) electrons. The molecule has 6 nitrogen and oxygen atoms in total. The van der Waals surface area contributed by atoms with Crippen molar-refractivity contribution in [3.63, 3.8) is 0 Å². The molecular weight excluding hydrogens is 234 g/mol. The number of aromatic carboxylic acids is 1. The second-order valence-corrected chi connectivity index (χ2v) is 4.13. The minimum Gasteiger partial charge on any atom is -0.476 e. The molecule has 1 aromatic rings. The van der Waals surface area contributed by atoms with E-state index < -0.39 is 5.97 Å². The molecule has 1 atom stereocenters. The van der Waals surface area contributed by atoms with E-state index in [4.69, 9.17) is 15.1 Å². The zero-order chi connectivity index (χ0) is 13.1. The minimum absolute atomic E-state index is 0.0252. The molecule has 0 amide bonds. The smallest absolute Gasteiger partial charge is 0.356 e. The monoisotopic (exact) mass is 247 g/mol. The number of anilines is 1. The third-order valence-corrected chi connectivity index (χ3v) is 2.88. The first-order chi connectivity index (χ1) is 8.63. The van der Waals surface area contributed by atoms with E-state index in [-0.39, 0.29) is 11.7 Å². The summed E-state index contributed by atoms with van der Waals surface area (Å²) in [6, 6.07) is 3.60. The van der Waals surface area contributed by atoms with Crippen molar-refractivity contribution in [2.45, 2.75) is 13.0 Å². The van der Waals surface area contributed by atoms with Gasteiger partial charge in [0.05, 0.1) is 24.5 Å². The predicted octanol–water partition coefficient (Wildman–Crippen LogP) is 0.877. The lowest BCUT2D eigenvalue weighted by Gasteiger charge is -2.35. The normalized spacial score (nSPS) is 19.3. The Morgan fingerprint density at radius 3 is 3.11 bits per heavy atom. The fourth-order valence-electron chi connectivity index (χ4n) is 1.98. The lowest BCUT2D eigenvalue weighted by molar-refractivity contribution is 0.0688. The van der Waals surface area contributed by atoms with Crippen LogP contribution in [0.4, 0.5) is 5.69 Å². The maximum atomic E-state index is 11.2. The molecule has 1 N–H and O–H groups in total. The van der Waals surface area contributed by atoms with Gasteiger partial charge in [-0.25, -0.2) is 9.78 Å². The van der Waals surface area contributed by atoms with Crippen LogP contribution in [0.3, 0.4) is 0 Å². The van der Waals surface area contributed by atoms with Gasteiger partial charge in [-0.15, -0.1) is 0 Å². The van der Waals surface area contributed by atoms with Crippen LogP contribution < -0.4 is 4.90 Å². The molecule has 1 aliphatic heterocycles. The molecule has 1 fully saturated rings. The molecule has 1 saturated heterocycles. The Kier molecular flexibility index (Phi) is 3.44. The molecule has 1 unspecified atom stereocenters. The van der Waals surface area contributed by atoms with Crippen LogP contribution in [0.1, 0.15) is 23.0 Å². The van der Waals surface area contributed by atoms with E-state index in [1.807, 2.05) is 17.9 Å². The molecule has 0 aromatic carbocycles.